The summed E-state index contributed by atoms with van der Waals surface area (Å²) in [6.07, 6.45) is 2.73. The van der Waals surface area contributed by atoms with Gasteiger partial charge >= 0.3 is 5.97 Å². The molecule has 1 unspecified atom stereocenters. The SMILES string of the molecule is CCOC(=O)C1CC(NC(C)c2ccc(-c3noc(-c4ccc(CC(C)C)cc4)n3)cc2)C1. The second-order valence-corrected chi connectivity index (χ2v) is 9.35. The molecular weight excluding hydrogens is 414 g/mol. The molecule has 1 heterocycles. The van der Waals surface area contributed by atoms with Gasteiger partial charge in [0.1, 0.15) is 0 Å². The number of hydrogen-bond donors (Lipinski definition) is 1. The van der Waals surface area contributed by atoms with Crippen LogP contribution < -0.4 is 5.32 Å². The van der Waals surface area contributed by atoms with Crippen LogP contribution in [0.1, 0.15) is 57.7 Å². The molecule has 1 aromatic heterocycles. The van der Waals surface area contributed by atoms with Gasteiger partial charge in [-0.1, -0.05) is 55.4 Å². The van der Waals surface area contributed by atoms with Gasteiger partial charge in [-0.3, -0.25) is 4.79 Å². The maximum absolute atomic E-state index is 11.8. The Balaban J connectivity index is 1.34. The normalized spacial score (nSPS) is 18.7. The van der Waals surface area contributed by atoms with E-state index in [0.717, 1.165) is 30.4 Å². The molecule has 1 atom stereocenters. The number of nitrogens with one attached hydrogen (secondary N) is 1. The standard InChI is InChI=1S/C27H33N3O3/c1-5-32-27(31)23-15-24(16-23)28-18(4)20-10-12-21(13-11-20)25-29-26(33-30-25)22-8-6-19(7-9-22)14-17(2)3/h6-13,17-18,23-24,28H,5,14-16H2,1-4H3. The summed E-state index contributed by atoms with van der Waals surface area (Å²) in [7, 11) is 0. The zero-order chi connectivity index (χ0) is 23.4. The quantitative estimate of drug-likeness (QED) is 0.431. The molecule has 174 valence electrons. The van der Waals surface area contributed by atoms with E-state index in [1.807, 2.05) is 31.2 Å². The molecule has 0 saturated heterocycles. The molecule has 33 heavy (non-hydrogen) atoms. The van der Waals surface area contributed by atoms with Crippen LogP contribution in [-0.2, 0) is 16.0 Å². The van der Waals surface area contributed by atoms with Crippen molar-refractivity contribution in [1.29, 1.82) is 0 Å². The zero-order valence-electron chi connectivity index (χ0n) is 19.9. The van der Waals surface area contributed by atoms with Crippen LogP contribution >= 0.6 is 0 Å². The maximum atomic E-state index is 11.8. The average Bonchev–Trinajstić information content (AvgIpc) is 3.26. The van der Waals surface area contributed by atoms with Crippen molar-refractivity contribution < 1.29 is 14.1 Å². The van der Waals surface area contributed by atoms with E-state index < -0.39 is 0 Å². The number of hydrogen-bond acceptors (Lipinski definition) is 6. The molecule has 1 fully saturated rings. The highest BCUT2D eigenvalue weighted by Crippen LogP contribution is 2.31. The summed E-state index contributed by atoms with van der Waals surface area (Å²) in [5.41, 5.74) is 4.34. The van der Waals surface area contributed by atoms with Crippen molar-refractivity contribution in [3.8, 4) is 22.8 Å². The molecule has 3 aromatic rings. The lowest BCUT2D eigenvalue weighted by Crippen LogP contribution is -2.45. The summed E-state index contributed by atoms with van der Waals surface area (Å²) in [4.78, 5) is 16.4. The molecule has 4 rings (SSSR count). The minimum absolute atomic E-state index is 0.0378. The van der Waals surface area contributed by atoms with Crippen LogP contribution in [0.5, 0.6) is 0 Å². The molecule has 6 nitrogen and oxygen atoms in total. The van der Waals surface area contributed by atoms with E-state index in [0.29, 0.717) is 30.3 Å². The number of nitrogens with zero attached hydrogens (tertiary/aromatic N) is 2. The van der Waals surface area contributed by atoms with Crippen LogP contribution in [0, 0.1) is 11.8 Å². The Kier molecular flexibility index (Phi) is 7.23. The van der Waals surface area contributed by atoms with E-state index in [2.05, 4.69) is 60.5 Å². The van der Waals surface area contributed by atoms with Crippen LogP contribution in [0.2, 0.25) is 0 Å². The van der Waals surface area contributed by atoms with E-state index in [1.165, 1.54) is 11.1 Å². The smallest absolute Gasteiger partial charge is 0.309 e. The highest BCUT2D eigenvalue weighted by molar-refractivity contribution is 5.73. The Labute approximate surface area is 195 Å². The van der Waals surface area contributed by atoms with Gasteiger partial charge in [0.05, 0.1) is 12.5 Å². The predicted octanol–water partition coefficient (Wildman–Crippen LogP) is 5.59. The van der Waals surface area contributed by atoms with E-state index in [4.69, 9.17) is 9.26 Å². The van der Waals surface area contributed by atoms with Gasteiger partial charge in [0.25, 0.3) is 5.89 Å². The lowest BCUT2D eigenvalue weighted by molar-refractivity contribution is -0.151. The topological polar surface area (TPSA) is 77.2 Å². The van der Waals surface area contributed by atoms with Crippen LogP contribution in [0.3, 0.4) is 0 Å². The van der Waals surface area contributed by atoms with Crippen molar-refractivity contribution in [2.24, 2.45) is 11.8 Å². The predicted molar refractivity (Wildman–Crippen MR) is 128 cm³/mol. The first-order valence-corrected chi connectivity index (χ1v) is 11.9. The third kappa shape index (κ3) is 5.69. The molecule has 1 N–H and O–H groups in total. The molecule has 1 aliphatic carbocycles. The van der Waals surface area contributed by atoms with Gasteiger partial charge < -0.3 is 14.6 Å². The summed E-state index contributed by atoms with van der Waals surface area (Å²) in [6, 6.07) is 17.1. The van der Waals surface area contributed by atoms with Crippen LogP contribution in [0.15, 0.2) is 53.1 Å². The largest absolute Gasteiger partial charge is 0.466 e. The second-order valence-electron chi connectivity index (χ2n) is 9.35. The summed E-state index contributed by atoms with van der Waals surface area (Å²) in [6.45, 7) is 8.87. The summed E-state index contributed by atoms with van der Waals surface area (Å²) in [5.74, 6) is 1.71. The molecule has 0 radical (unpaired) electrons. The Hall–Kier alpha value is -2.99. The molecular formula is C27H33N3O3. The highest BCUT2D eigenvalue weighted by atomic mass is 16.5. The first kappa shape index (κ1) is 23.2. The molecule has 0 aliphatic heterocycles. The number of ether oxygens (including phenoxy) is 1. The first-order chi connectivity index (χ1) is 15.9. The molecule has 2 aromatic carbocycles. The first-order valence-electron chi connectivity index (χ1n) is 11.9. The van der Waals surface area contributed by atoms with Gasteiger partial charge in [-0.15, -0.1) is 0 Å². The Bertz CT molecular complexity index is 1050. The minimum Gasteiger partial charge on any atom is -0.466 e. The Morgan fingerprint density at radius 1 is 1.06 bits per heavy atom. The molecule has 0 spiro atoms. The van der Waals surface area contributed by atoms with Crippen LogP contribution in [0.25, 0.3) is 22.8 Å². The lowest BCUT2D eigenvalue weighted by Gasteiger charge is -2.36. The fraction of sp³-hybridized carbons (Fsp3) is 0.444. The molecule has 0 amide bonds. The van der Waals surface area contributed by atoms with Gasteiger partial charge in [-0.05, 0) is 62.3 Å². The Morgan fingerprint density at radius 3 is 2.36 bits per heavy atom. The molecule has 6 heteroatoms. The molecule has 1 saturated carbocycles. The lowest BCUT2D eigenvalue weighted by atomic mass is 9.80. The highest BCUT2D eigenvalue weighted by Gasteiger charge is 2.36. The van der Waals surface area contributed by atoms with E-state index in [9.17, 15) is 4.79 Å². The summed E-state index contributed by atoms with van der Waals surface area (Å²) in [5, 5.41) is 7.78. The van der Waals surface area contributed by atoms with Crippen LogP contribution in [-0.4, -0.2) is 28.8 Å². The molecule has 1 aliphatic rings. The second kappa shape index (κ2) is 10.3. The fourth-order valence-corrected chi connectivity index (χ4v) is 4.29. The summed E-state index contributed by atoms with van der Waals surface area (Å²) < 4.78 is 10.6. The number of aromatic nitrogens is 2. The number of benzene rings is 2. The van der Waals surface area contributed by atoms with Crippen LogP contribution in [0.4, 0.5) is 0 Å². The van der Waals surface area contributed by atoms with E-state index in [-0.39, 0.29) is 17.9 Å². The van der Waals surface area contributed by atoms with Gasteiger partial charge in [0.2, 0.25) is 5.82 Å². The summed E-state index contributed by atoms with van der Waals surface area (Å²) >= 11 is 0. The van der Waals surface area contributed by atoms with Crippen molar-refractivity contribution in [1.82, 2.24) is 15.5 Å². The zero-order valence-corrected chi connectivity index (χ0v) is 19.9. The number of carbonyl (C=O) groups excluding carboxylic acids is 1. The van der Waals surface area contributed by atoms with Gasteiger partial charge in [-0.2, -0.15) is 4.98 Å². The maximum Gasteiger partial charge on any atom is 0.309 e. The number of carbonyl (C=O) groups is 1. The van der Waals surface area contributed by atoms with E-state index >= 15 is 0 Å². The molecule has 0 bridgehead atoms. The fourth-order valence-electron chi connectivity index (χ4n) is 4.29. The third-order valence-corrected chi connectivity index (χ3v) is 6.18. The van der Waals surface area contributed by atoms with Gasteiger partial charge in [0.15, 0.2) is 0 Å². The minimum atomic E-state index is -0.0708. The van der Waals surface area contributed by atoms with E-state index in [1.54, 1.807) is 0 Å². The Morgan fingerprint density at radius 2 is 1.73 bits per heavy atom. The van der Waals surface area contributed by atoms with Crippen molar-refractivity contribution in [3.63, 3.8) is 0 Å². The van der Waals surface area contributed by atoms with Gasteiger partial charge in [0, 0.05) is 23.2 Å². The average molecular weight is 448 g/mol. The van der Waals surface area contributed by atoms with Gasteiger partial charge in [-0.25, -0.2) is 0 Å². The number of esters is 1. The van der Waals surface area contributed by atoms with Crippen molar-refractivity contribution in [2.45, 2.75) is 59.0 Å². The monoisotopic (exact) mass is 447 g/mol. The van der Waals surface area contributed by atoms with Crippen molar-refractivity contribution in [3.05, 3.63) is 59.7 Å². The van der Waals surface area contributed by atoms with Crippen molar-refractivity contribution in [2.75, 3.05) is 6.61 Å². The third-order valence-electron chi connectivity index (χ3n) is 6.18. The number of rotatable bonds is 9. The van der Waals surface area contributed by atoms with Crippen molar-refractivity contribution >= 4 is 5.97 Å².